The SMILES string of the molecule is Nc1nc2c(c(=O)[nH]1)N=C(CCCc1ccccc1)CO2. The van der Waals surface area contributed by atoms with Crippen LogP contribution in [0.4, 0.5) is 11.6 Å². The van der Waals surface area contributed by atoms with Crippen LogP contribution in [0.3, 0.4) is 0 Å². The molecule has 1 aromatic heterocycles. The summed E-state index contributed by atoms with van der Waals surface area (Å²) in [6.07, 6.45) is 2.73. The number of H-pyrrole nitrogens is 1. The molecule has 1 aliphatic heterocycles. The molecule has 0 fully saturated rings. The number of benzene rings is 1. The molecule has 0 radical (unpaired) electrons. The van der Waals surface area contributed by atoms with Crippen molar-refractivity contribution >= 4 is 17.3 Å². The van der Waals surface area contributed by atoms with Gasteiger partial charge in [-0.3, -0.25) is 9.78 Å². The van der Waals surface area contributed by atoms with Gasteiger partial charge in [0.25, 0.3) is 5.56 Å². The molecule has 21 heavy (non-hydrogen) atoms. The van der Waals surface area contributed by atoms with Crippen LogP contribution in [-0.2, 0) is 6.42 Å². The number of aryl methyl sites for hydroxylation is 1. The van der Waals surface area contributed by atoms with Crippen molar-refractivity contribution < 1.29 is 4.74 Å². The van der Waals surface area contributed by atoms with Crippen molar-refractivity contribution in [2.45, 2.75) is 19.3 Å². The molecule has 108 valence electrons. The molecular formula is C15H16N4O2. The smallest absolute Gasteiger partial charge is 0.282 e. The van der Waals surface area contributed by atoms with E-state index in [-0.39, 0.29) is 23.1 Å². The number of aliphatic imine (C=N–C) groups is 1. The van der Waals surface area contributed by atoms with E-state index in [4.69, 9.17) is 10.5 Å². The summed E-state index contributed by atoms with van der Waals surface area (Å²) in [5, 5.41) is 0. The first kappa shape index (κ1) is 13.4. The number of nitrogen functional groups attached to an aromatic ring is 1. The van der Waals surface area contributed by atoms with E-state index in [0.29, 0.717) is 6.61 Å². The number of rotatable bonds is 4. The van der Waals surface area contributed by atoms with E-state index in [1.807, 2.05) is 18.2 Å². The molecule has 6 nitrogen and oxygen atoms in total. The van der Waals surface area contributed by atoms with Crippen molar-refractivity contribution in [2.24, 2.45) is 4.99 Å². The lowest BCUT2D eigenvalue weighted by atomic mass is 10.1. The minimum Gasteiger partial charge on any atom is -0.470 e. The number of nitrogens with zero attached hydrogens (tertiary/aromatic N) is 2. The third kappa shape index (κ3) is 3.10. The Morgan fingerprint density at radius 3 is 2.86 bits per heavy atom. The first-order valence-electron chi connectivity index (χ1n) is 6.85. The summed E-state index contributed by atoms with van der Waals surface area (Å²) in [6.45, 7) is 0.359. The van der Waals surface area contributed by atoms with Gasteiger partial charge in [0.15, 0.2) is 5.69 Å². The summed E-state index contributed by atoms with van der Waals surface area (Å²) >= 11 is 0. The van der Waals surface area contributed by atoms with Crippen LogP contribution in [0.1, 0.15) is 18.4 Å². The van der Waals surface area contributed by atoms with Crippen molar-refractivity contribution in [1.29, 1.82) is 0 Å². The minimum atomic E-state index is -0.363. The van der Waals surface area contributed by atoms with Gasteiger partial charge in [-0.25, -0.2) is 4.99 Å². The zero-order chi connectivity index (χ0) is 14.7. The van der Waals surface area contributed by atoms with Crippen LogP contribution >= 0.6 is 0 Å². The highest BCUT2D eigenvalue weighted by molar-refractivity contribution is 5.90. The summed E-state index contributed by atoms with van der Waals surface area (Å²) in [4.78, 5) is 22.5. The van der Waals surface area contributed by atoms with Gasteiger partial charge in [0.2, 0.25) is 11.8 Å². The van der Waals surface area contributed by atoms with Gasteiger partial charge in [-0.1, -0.05) is 30.3 Å². The quantitative estimate of drug-likeness (QED) is 0.895. The molecule has 0 unspecified atom stereocenters. The summed E-state index contributed by atoms with van der Waals surface area (Å²) < 4.78 is 5.46. The van der Waals surface area contributed by atoms with Crippen molar-refractivity contribution in [3.8, 4) is 5.88 Å². The second-order valence-electron chi connectivity index (χ2n) is 4.91. The predicted molar refractivity (Wildman–Crippen MR) is 81.2 cm³/mol. The molecular weight excluding hydrogens is 268 g/mol. The Labute approximate surface area is 121 Å². The molecule has 0 bridgehead atoms. The summed E-state index contributed by atoms with van der Waals surface area (Å²) in [7, 11) is 0. The van der Waals surface area contributed by atoms with Crippen LogP contribution in [0.5, 0.6) is 5.88 Å². The van der Waals surface area contributed by atoms with Gasteiger partial charge in [0, 0.05) is 0 Å². The highest BCUT2D eigenvalue weighted by Crippen LogP contribution is 2.25. The van der Waals surface area contributed by atoms with Crippen molar-refractivity contribution in [2.75, 3.05) is 12.3 Å². The number of aromatic amines is 1. The van der Waals surface area contributed by atoms with Crippen molar-refractivity contribution in [1.82, 2.24) is 9.97 Å². The van der Waals surface area contributed by atoms with Gasteiger partial charge < -0.3 is 10.5 Å². The molecule has 1 aromatic carbocycles. The zero-order valence-electron chi connectivity index (χ0n) is 11.5. The molecule has 2 heterocycles. The van der Waals surface area contributed by atoms with E-state index in [0.717, 1.165) is 25.0 Å². The largest absolute Gasteiger partial charge is 0.470 e. The number of fused-ring (bicyclic) bond motifs is 1. The fraction of sp³-hybridized carbons (Fsp3) is 0.267. The van der Waals surface area contributed by atoms with Gasteiger partial charge in [0.1, 0.15) is 6.61 Å². The lowest BCUT2D eigenvalue weighted by molar-refractivity contribution is 0.353. The maximum atomic E-state index is 11.8. The van der Waals surface area contributed by atoms with E-state index < -0.39 is 0 Å². The third-order valence-electron chi connectivity index (χ3n) is 3.30. The highest BCUT2D eigenvalue weighted by atomic mass is 16.5. The molecule has 0 amide bonds. The summed E-state index contributed by atoms with van der Waals surface area (Å²) in [6, 6.07) is 10.3. The first-order chi connectivity index (χ1) is 10.2. The number of hydrogen-bond donors (Lipinski definition) is 2. The van der Waals surface area contributed by atoms with Gasteiger partial charge in [-0.05, 0) is 24.8 Å². The Bertz CT molecular complexity index is 722. The first-order valence-corrected chi connectivity index (χ1v) is 6.85. The van der Waals surface area contributed by atoms with Crippen molar-refractivity contribution in [3.63, 3.8) is 0 Å². The average molecular weight is 284 g/mol. The van der Waals surface area contributed by atoms with Gasteiger partial charge >= 0.3 is 0 Å². The number of nitrogens with two attached hydrogens (primary N) is 1. The average Bonchev–Trinajstić information content (AvgIpc) is 2.49. The zero-order valence-corrected chi connectivity index (χ0v) is 11.5. The number of nitrogens with one attached hydrogen (secondary N) is 1. The normalized spacial score (nSPS) is 13.2. The Morgan fingerprint density at radius 2 is 2.05 bits per heavy atom. The van der Waals surface area contributed by atoms with E-state index in [9.17, 15) is 4.79 Å². The standard InChI is InChI=1S/C15H16N4O2/c16-15-18-13(20)12-14(19-15)21-9-11(17-12)8-4-7-10-5-2-1-3-6-10/h1-3,5-6H,4,7-9H2,(H3,16,18,19,20). The van der Waals surface area contributed by atoms with Crippen LogP contribution in [0, 0.1) is 0 Å². The van der Waals surface area contributed by atoms with E-state index in [1.54, 1.807) is 0 Å². The molecule has 0 aliphatic carbocycles. The number of anilines is 1. The fourth-order valence-electron chi connectivity index (χ4n) is 2.27. The van der Waals surface area contributed by atoms with Crippen molar-refractivity contribution in [3.05, 3.63) is 46.2 Å². The number of aromatic nitrogens is 2. The summed E-state index contributed by atoms with van der Waals surface area (Å²) in [5.74, 6) is 0.254. The van der Waals surface area contributed by atoms with E-state index in [1.165, 1.54) is 5.56 Å². The lowest BCUT2D eigenvalue weighted by Crippen LogP contribution is -2.21. The Kier molecular flexibility index (Phi) is 3.68. The molecule has 0 saturated carbocycles. The Morgan fingerprint density at radius 1 is 1.24 bits per heavy atom. The lowest BCUT2D eigenvalue weighted by Gasteiger charge is -2.15. The second kappa shape index (κ2) is 5.78. The van der Waals surface area contributed by atoms with Crippen LogP contribution in [0.25, 0.3) is 0 Å². The van der Waals surface area contributed by atoms with E-state index >= 15 is 0 Å². The van der Waals surface area contributed by atoms with Crippen LogP contribution in [0.15, 0.2) is 40.1 Å². The van der Waals surface area contributed by atoms with Gasteiger partial charge in [-0.15, -0.1) is 0 Å². The van der Waals surface area contributed by atoms with Crippen LogP contribution in [0.2, 0.25) is 0 Å². The molecule has 0 saturated heterocycles. The van der Waals surface area contributed by atoms with E-state index in [2.05, 4.69) is 27.1 Å². The Hall–Kier alpha value is -2.63. The monoisotopic (exact) mass is 284 g/mol. The van der Waals surface area contributed by atoms with Crippen LogP contribution in [-0.4, -0.2) is 22.3 Å². The molecule has 2 aromatic rings. The Balaban J connectivity index is 1.67. The van der Waals surface area contributed by atoms with Gasteiger partial charge in [-0.2, -0.15) is 4.98 Å². The van der Waals surface area contributed by atoms with Gasteiger partial charge in [0.05, 0.1) is 5.71 Å². The maximum Gasteiger partial charge on any atom is 0.282 e. The van der Waals surface area contributed by atoms with Crippen LogP contribution < -0.4 is 16.0 Å². The minimum absolute atomic E-state index is 0.0430. The predicted octanol–water partition coefficient (Wildman–Crippen LogP) is 1.84. The topological polar surface area (TPSA) is 93.4 Å². The number of hydrogen-bond acceptors (Lipinski definition) is 5. The fourth-order valence-corrected chi connectivity index (χ4v) is 2.27. The summed E-state index contributed by atoms with van der Waals surface area (Å²) in [5.41, 5.74) is 7.47. The molecule has 0 atom stereocenters. The molecule has 3 rings (SSSR count). The molecule has 1 aliphatic rings. The molecule has 0 spiro atoms. The third-order valence-corrected chi connectivity index (χ3v) is 3.30. The molecule has 3 N–H and O–H groups in total. The second-order valence-corrected chi connectivity index (χ2v) is 4.91. The number of ether oxygens (including phenoxy) is 1. The highest BCUT2D eigenvalue weighted by Gasteiger charge is 2.18. The molecule has 6 heteroatoms. The maximum absolute atomic E-state index is 11.8.